The number of hydrogen-bond donors (Lipinski definition) is 0. The van der Waals surface area contributed by atoms with Gasteiger partial charge in [0.05, 0.1) is 0 Å². The molecule has 0 aliphatic rings. The van der Waals surface area contributed by atoms with Gasteiger partial charge in [0, 0.05) is 25.0 Å². The van der Waals surface area contributed by atoms with Gasteiger partial charge in [-0.1, -0.05) is 55.8 Å². The predicted molar refractivity (Wildman–Crippen MR) is 121 cm³/mol. The van der Waals surface area contributed by atoms with E-state index in [1.165, 1.54) is 5.56 Å². The maximum absolute atomic E-state index is 12.8. The Morgan fingerprint density at radius 1 is 0.967 bits per heavy atom. The lowest BCUT2D eigenvalue weighted by atomic mass is 10.1. The standard InChI is InChI=1S/C26H30N2O2/c1-4-6-21-10-14-25(15-11-21)30-19-26(29)28(20(2)3)18-22-8-12-23(13-9-22)24-7-5-16-27-17-24/h5,7-17,20H,4,6,18-19H2,1-3H3. The molecule has 0 atom stereocenters. The van der Waals surface area contributed by atoms with Crippen molar-refractivity contribution in [2.75, 3.05) is 6.61 Å². The summed E-state index contributed by atoms with van der Waals surface area (Å²) in [6, 6.07) is 20.3. The highest BCUT2D eigenvalue weighted by Crippen LogP contribution is 2.20. The van der Waals surface area contributed by atoms with Crippen molar-refractivity contribution in [3.8, 4) is 16.9 Å². The van der Waals surface area contributed by atoms with Gasteiger partial charge in [-0.05, 0) is 60.7 Å². The Hall–Kier alpha value is -3.14. The van der Waals surface area contributed by atoms with E-state index in [0.717, 1.165) is 35.3 Å². The Balaban J connectivity index is 1.60. The lowest BCUT2D eigenvalue weighted by molar-refractivity contribution is -0.135. The molecule has 3 rings (SSSR count). The van der Waals surface area contributed by atoms with Crippen molar-refractivity contribution < 1.29 is 9.53 Å². The molecule has 0 fully saturated rings. The summed E-state index contributed by atoms with van der Waals surface area (Å²) in [7, 11) is 0. The zero-order chi connectivity index (χ0) is 21.3. The van der Waals surface area contributed by atoms with Crippen LogP contribution in [0.4, 0.5) is 0 Å². The largest absolute Gasteiger partial charge is 0.484 e. The number of pyridine rings is 1. The van der Waals surface area contributed by atoms with Crippen molar-refractivity contribution in [3.05, 3.63) is 84.2 Å². The number of ether oxygens (including phenoxy) is 1. The molecule has 0 aliphatic carbocycles. The summed E-state index contributed by atoms with van der Waals surface area (Å²) in [5.41, 5.74) is 4.58. The average Bonchev–Trinajstić information content (AvgIpc) is 2.78. The molecular weight excluding hydrogens is 372 g/mol. The Kier molecular flexibility index (Phi) is 7.61. The second-order valence-electron chi connectivity index (χ2n) is 7.74. The molecule has 156 valence electrons. The monoisotopic (exact) mass is 402 g/mol. The Morgan fingerprint density at radius 2 is 1.67 bits per heavy atom. The fourth-order valence-electron chi connectivity index (χ4n) is 3.36. The van der Waals surface area contributed by atoms with Crippen molar-refractivity contribution in [3.63, 3.8) is 0 Å². The molecule has 0 bridgehead atoms. The summed E-state index contributed by atoms with van der Waals surface area (Å²) in [6.07, 6.45) is 5.79. The fraction of sp³-hybridized carbons (Fsp3) is 0.308. The molecule has 0 saturated heterocycles. The number of aryl methyl sites for hydroxylation is 1. The molecule has 3 aromatic rings. The molecule has 0 N–H and O–H groups in total. The van der Waals surface area contributed by atoms with Crippen LogP contribution in [-0.4, -0.2) is 28.4 Å². The second-order valence-corrected chi connectivity index (χ2v) is 7.74. The highest BCUT2D eigenvalue weighted by molar-refractivity contribution is 5.78. The quantitative estimate of drug-likeness (QED) is 0.473. The van der Waals surface area contributed by atoms with Crippen LogP contribution in [0.15, 0.2) is 73.1 Å². The van der Waals surface area contributed by atoms with Gasteiger partial charge >= 0.3 is 0 Å². The van der Waals surface area contributed by atoms with E-state index in [4.69, 9.17) is 4.74 Å². The molecule has 0 spiro atoms. The van der Waals surface area contributed by atoms with Crippen LogP contribution < -0.4 is 4.74 Å². The Morgan fingerprint density at radius 3 is 2.27 bits per heavy atom. The maximum Gasteiger partial charge on any atom is 0.261 e. The van der Waals surface area contributed by atoms with E-state index in [9.17, 15) is 4.79 Å². The van der Waals surface area contributed by atoms with Gasteiger partial charge < -0.3 is 9.64 Å². The number of carbonyl (C=O) groups excluding carboxylic acids is 1. The zero-order valence-corrected chi connectivity index (χ0v) is 18.0. The summed E-state index contributed by atoms with van der Waals surface area (Å²) in [6.45, 7) is 6.82. The van der Waals surface area contributed by atoms with Crippen molar-refractivity contribution in [1.82, 2.24) is 9.88 Å². The molecule has 0 aliphatic heterocycles. The first-order valence-electron chi connectivity index (χ1n) is 10.6. The van der Waals surface area contributed by atoms with Crippen LogP contribution in [0.2, 0.25) is 0 Å². The number of benzene rings is 2. The average molecular weight is 403 g/mol. The third-order valence-corrected chi connectivity index (χ3v) is 5.07. The van der Waals surface area contributed by atoms with Crippen LogP contribution in [0.3, 0.4) is 0 Å². The van der Waals surface area contributed by atoms with Crippen LogP contribution in [-0.2, 0) is 17.8 Å². The van der Waals surface area contributed by atoms with E-state index < -0.39 is 0 Å². The molecule has 1 heterocycles. The topological polar surface area (TPSA) is 42.4 Å². The van der Waals surface area contributed by atoms with Crippen LogP contribution >= 0.6 is 0 Å². The minimum atomic E-state index is -0.0148. The van der Waals surface area contributed by atoms with Crippen LogP contribution in [0.1, 0.15) is 38.3 Å². The molecule has 1 amide bonds. The summed E-state index contributed by atoms with van der Waals surface area (Å²) in [4.78, 5) is 18.8. The lowest BCUT2D eigenvalue weighted by Gasteiger charge is -2.27. The first kappa shape index (κ1) is 21.6. The van der Waals surface area contributed by atoms with Gasteiger partial charge in [-0.25, -0.2) is 0 Å². The van der Waals surface area contributed by atoms with E-state index in [1.807, 2.05) is 49.2 Å². The summed E-state index contributed by atoms with van der Waals surface area (Å²) in [5, 5.41) is 0. The Bertz CT molecular complexity index is 920. The molecule has 4 nitrogen and oxygen atoms in total. The highest BCUT2D eigenvalue weighted by Gasteiger charge is 2.18. The molecule has 1 aromatic heterocycles. The van der Waals surface area contributed by atoms with Crippen LogP contribution in [0.25, 0.3) is 11.1 Å². The van der Waals surface area contributed by atoms with Crippen molar-refractivity contribution in [2.24, 2.45) is 0 Å². The highest BCUT2D eigenvalue weighted by atomic mass is 16.5. The van der Waals surface area contributed by atoms with Gasteiger partial charge in [0.1, 0.15) is 5.75 Å². The number of aromatic nitrogens is 1. The number of nitrogens with zero attached hydrogens (tertiary/aromatic N) is 2. The normalized spacial score (nSPS) is 10.8. The number of carbonyl (C=O) groups is 1. The molecule has 4 heteroatoms. The summed E-state index contributed by atoms with van der Waals surface area (Å²) >= 11 is 0. The van der Waals surface area contributed by atoms with E-state index >= 15 is 0 Å². The first-order valence-corrected chi connectivity index (χ1v) is 10.6. The fourth-order valence-corrected chi connectivity index (χ4v) is 3.36. The van der Waals surface area contributed by atoms with Crippen molar-refractivity contribution in [1.29, 1.82) is 0 Å². The van der Waals surface area contributed by atoms with Crippen LogP contribution in [0.5, 0.6) is 5.75 Å². The Labute approximate surface area is 179 Å². The molecule has 0 radical (unpaired) electrons. The summed E-state index contributed by atoms with van der Waals surface area (Å²) < 4.78 is 5.75. The molecule has 0 unspecified atom stereocenters. The second kappa shape index (κ2) is 10.6. The van der Waals surface area contributed by atoms with Crippen LogP contribution in [0, 0.1) is 0 Å². The smallest absolute Gasteiger partial charge is 0.261 e. The number of amides is 1. The van der Waals surface area contributed by atoms with Crippen molar-refractivity contribution >= 4 is 5.91 Å². The van der Waals surface area contributed by atoms with Gasteiger partial charge in [0.25, 0.3) is 5.91 Å². The van der Waals surface area contributed by atoms with E-state index in [1.54, 1.807) is 6.20 Å². The third-order valence-electron chi connectivity index (χ3n) is 5.07. The zero-order valence-electron chi connectivity index (χ0n) is 18.0. The molecule has 2 aromatic carbocycles. The molecular formula is C26H30N2O2. The van der Waals surface area contributed by atoms with E-state index in [2.05, 4.69) is 48.3 Å². The number of rotatable bonds is 9. The number of hydrogen-bond acceptors (Lipinski definition) is 3. The van der Waals surface area contributed by atoms with Gasteiger partial charge in [-0.3, -0.25) is 9.78 Å². The van der Waals surface area contributed by atoms with E-state index in [-0.39, 0.29) is 18.6 Å². The minimum absolute atomic E-state index is 0.0148. The first-order chi connectivity index (χ1) is 14.6. The summed E-state index contributed by atoms with van der Waals surface area (Å²) in [5.74, 6) is 0.715. The maximum atomic E-state index is 12.8. The molecule has 30 heavy (non-hydrogen) atoms. The van der Waals surface area contributed by atoms with Gasteiger partial charge in [-0.15, -0.1) is 0 Å². The lowest BCUT2D eigenvalue weighted by Crippen LogP contribution is -2.39. The third kappa shape index (κ3) is 5.93. The van der Waals surface area contributed by atoms with E-state index in [0.29, 0.717) is 6.54 Å². The minimum Gasteiger partial charge on any atom is -0.484 e. The molecule has 0 saturated carbocycles. The SMILES string of the molecule is CCCc1ccc(OCC(=O)N(Cc2ccc(-c3cccnc3)cc2)C(C)C)cc1. The van der Waals surface area contributed by atoms with Gasteiger partial charge in [-0.2, -0.15) is 0 Å². The van der Waals surface area contributed by atoms with Gasteiger partial charge in [0.15, 0.2) is 6.61 Å². The van der Waals surface area contributed by atoms with Gasteiger partial charge in [0.2, 0.25) is 0 Å². The van der Waals surface area contributed by atoms with Crippen molar-refractivity contribution in [2.45, 2.75) is 46.2 Å². The predicted octanol–water partition coefficient (Wildman–Crippen LogP) is 5.52.